The number of fused-ring (bicyclic) bond motifs is 1. The van der Waals surface area contributed by atoms with Crippen LogP contribution in [-0.4, -0.2) is 29.1 Å². The number of hydrogen-bond acceptors (Lipinski definition) is 4. The molecule has 0 atom stereocenters. The third-order valence-electron chi connectivity index (χ3n) is 4.32. The number of aromatic nitrogens is 1. The number of benzene rings is 2. The summed E-state index contributed by atoms with van der Waals surface area (Å²) in [7, 11) is 0. The first-order chi connectivity index (χ1) is 13.0. The van der Waals surface area contributed by atoms with Crippen LogP contribution in [0.1, 0.15) is 28.0 Å². The maximum absolute atomic E-state index is 11.6. The van der Waals surface area contributed by atoms with E-state index in [1.807, 2.05) is 47.0 Å². The predicted octanol–water partition coefficient (Wildman–Crippen LogP) is 2.07. The average molecular weight is 363 g/mol. The minimum absolute atomic E-state index is 0.0186. The minimum atomic E-state index is -0.123. The molecule has 7 heteroatoms. The van der Waals surface area contributed by atoms with Gasteiger partial charge in [0.05, 0.1) is 5.69 Å². The van der Waals surface area contributed by atoms with Gasteiger partial charge in [-0.05, 0) is 29.8 Å². The lowest BCUT2D eigenvalue weighted by Gasteiger charge is -2.10. The van der Waals surface area contributed by atoms with E-state index >= 15 is 0 Å². The standard InChI is InChI=1S/C20H21N5O2/c21-8-7-19(27)24-16-5-1-13(2-6-16)11-25-17(12-26)9-14-3-4-15(20(22)23)10-18(14)25/h1-6,9-10,12H,7-8,11,21H2,(H3,22,23)(H,24,27). The van der Waals surface area contributed by atoms with Crippen molar-refractivity contribution in [3.8, 4) is 0 Å². The van der Waals surface area contributed by atoms with Crippen molar-refractivity contribution in [1.82, 2.24) is 4.57 Å². The molecule has 0 aliphatic rings. The quantitative estimate of drug-likeness (QED) is 0.291. The highest BCUT2D eigenvalue weighted by molar-refractivity contribution is 5.99. The van der Waals surface area contributed by atoms with Crippen LogP contribution in [0.4, 0.5) is 5.69 Å². The maximum atomic E-state index is 11.6. The summed E-state index contributed by atoms with van der Waals surface area (Å²) < 4.78 is 1.89. The second-order valence-electron chi connectivity index (χ2n) is 6.24. The zero-order valence-corrected chi connectivity index (χ0v) is 14.7. The molecule has 138 valence electrons. The number of amides is 1. The Morgan fingerprint density at radius 3 is 2.52 bits per heavy atom. The first-order valence-electron chi connectivity index (χ1n) is 8.53. The minimum Gasteiger partial charge on any atom is -0.384 e. The second-order valence-corrected chi connectivity index (χ2v) is 6.24. The van der Waals surface area contributed by atoms with Gasteiger partial charge >= 0.3 is 0 Å². The molecule has 1 amide bonds. The topological polar surface area (TPSA) is 127 Å². The molecule has 3 rings (SSSR count). The van der Waals surface area contributed by atoms with Crippen molar-refractivity contribution < 1.29 is 9.59 Å². The van der Waals surface area contributed by atoms with Crippen molar-refractivity contribution in [3.05, 3.63) is 65.4 Å². The molecule has 0 radical (unpaired) electrons. The Kier molecular flexibility index (Phi) is 5.33. The van der Waals surface area contributed by atoms with Crippen molar-refractivity contribution in [1.29, 1.82) is 5.41 Å². The van der Waals surface area contributed by atoms with Crippen LogP contribution in [-0.2, 0) is 11.3 Å². The SMILES string of the molecule is N=C(N)c1ccc2cc(C=O)n(Cc3ccc(NC(=O)CCN)cc3)c2c1. The van der Waals surface area contributed by atoms with E-state index in [1.54, 1.807) is 6.07 Å². The largest absolute Gasteiger partial charge is 0.384 e. The molecule has 0 aliphatic carbocycles. The molecule has 27 heavy (non-hydrogen) atoms. The molecule has 1 heterocycles. The molecule has 7 nitrogen and oxygen atoms in total. The molecule has 1 aromatic heterocycles. The van der Waals surface area contributed by atoms with Crippen LogP contribution < -0.4 is 16.8 Å². The predicted molar refractivity (Wildman–Crippen MR) is 106 cm³/mol. The molecule has 3 aromatic rings. The number of anilines is 1. The van der Waals surface area contributed by atoms with Gasteiger partial charge < -0.3 is 21.4 Å². The van der Waals surface area contributed by atoms with Crippen LogP contribution in [0.5, 0.6) is 0 Å². The number of rotatable bonds is 7. The molecule has 0 saturated carbocycles. The first kappa shape index (κ1) is 18.3. The van der Waals surface area contributed by atoms with E-state index < -0.39 is 0 Å². The lowest BCUT2D eigenvalue weighted by molar-refractivity contribution is -0.116. The summed E-state index contributed by atoms with van der Waals surface area (Å²) in [5.74, 6) is -0.142. The normalized spacial score (nSPS) is 10.7. The Labute approximate surface area is 156 Å². The van der Waals surface area contributed by atoms with E-state index in [1.165, 1.54) is 0 Å². The average Bonchev–Trinajstić information content (AvgIpc) is 3.00. The number of nitrogen functional groups attached to an aromatic ring is 1. The Morgan fingerprint density at radius 2 is 1.89 bits per heavy atom. The van der Waals surface area contributed by atoms with Gasteiger partial charge in [-0.1, -0.05) is 24.3 Å². The summed E-state index contributed by atoms with van der Waals surface area (Å²) >= 11 is 0. The highest BCUT2D eigenvalue weighted by atomic mass is 16.1. The summed E-state index contributed by atoms with van der Waals surface area (Å²) in [6, 6.07) is 14.7. The fraction of sp³-hybridized carbons (Fsp3) is 0.150. The molecular formula is C20H21N5O2. The molecule has 0 fully saturated rings. The van der Waals surface area contributed by atoms with Crippen LogP contribution in [0, 0.1) is 5.41 Å². The number of nitrogens with zero attached hydrogens (tertiary/aromatic N) is 1. The zero-order chi connectivity index (χ0) is 19.4. The highest BCUT2D eigenvalue weighted by Gasteiger charge is 2.11. The maximum Gasteiger partial charge on any atom is 0.225 e. The van der Waals surface area contributed by atoms with Crippen LogP contribution >= 0.6 is 0 Å². The Hall–Kier alpha value is -3.45. The van der Waals surface area contributed by atoms with Crippen LogP contribution in [0.2, 0.25) is 0 Å². The summed E-state index contributed by atoms with van der Waals surface area (Å²) in [6.07, 6.45) is 1.09. The number of amidine groups is 1. The molecule has 0 aliphatic heterocycles. The summed E-state index contributed by atoms with van der Waals surface area (Å²) in [4.78, 5) is 23.1. The smallest absolute Gasteiger partial charge is 0.225 e. The number of carbonyl (C=O) groups excluding carboxylic acids is 2. The molecule has 0 spiro atoms. The summed E-state index contributed by atoms with van der Waals surface area (Å²) in [5.41, 5.74) is 14.6. The molecule has 2 aromatic carbocycles. The van der Waals surface area contributed by atoms with E-state index in [0.29, 0.717) is 30.0 Å². The Balaban J connectivity index is 1.89. The Morgan fingerprint density at radius 1 is 1.15 bits per heavy atom. The highest BCUT2D eigenvalue weighted by Crippen LogP contribution is 2.22. The van der Waals surface area contributed by atoms with Gasteiger partial charge in [-0.3, -0.25) is 15.0 Å². The third-order valence-corrected chi connectivity index (χ3v) is 4.32. The number of nitrogens with two attached hydrogens (primary N) is 2. The zero-order valence-electron chi connectivity index (χ0n) is 14.7. The van der Waals surface area contributed by atoms with Gasteiger partial charge in [0.25, 0.3) is 0 Å². The van der Waals surface area contributed by atoms with E-state index in [2.05, 4.69) is 5.32 Å². The number of nitrogens with one attached hydrogen (secondary N) is 2. The van der Waals surface area contributed by atoms with Gasteiger partial charge in [0.1, 0.15) is 5.84 Å². The van der Waals surface area contributed by atoms with Crippen molar-refractivity contribution in [2.75, 3.05) is 11.9 Å². The fourth-order valence-corrected chi connectivity index (χ4v) is 2.95. The van der Waals surface area contributed by atoms with Crippen molar-refractivity contribution >= 4 is 34.6 Å². The second kappa shape index (κ2) is 7.84. The molecular weight excluding hydrogens is 342 g/mol. The van der Waals surface area contributed by atoms with E-state index in [0.717, 1.165) is 22.8 Å². The third kappa shape index (κ3) is 4.04. The van der Waals surface area contributed by atoms with Crippen molar-refractivity contribution in [2.45, 2.75) is 13.0 Å². The molecule has 0 saturated heterocycles. The molecule has 0 unspecified atom stereocenters. The van der Waals surface area contributed by atoms with Crippen molar-refractivity contribution in [3.63, 3.8) is 0 Å². The Bertz CT molecular complexity index is 1010. The monoisotopic (exact) mass is 363 g/mol. The molecule has 6 N–H and O–H groups in total. The van der Waals surface area contributed by atoms with Gasteiger partial charge in [-0.15, -0.1) is 0 Å². The summed E-state index contributed by atoms with van der Waals surface area (Å²) in [5, 5.41) is 11.3. The van der Waals surface area contributed by atoms with Crippen LogP contribution in [0.25, 0.3) is 10.9 Å². The van der Waals surface area contributed by atoms with Gasteiger partial charge in [-0.25, -0.2) is 0 Å². The van der Waals surface area contributed by atoms with E-state index in [4.69, 9.17) is 16.9 Å². The van der Waals surface area contributed by atoms with Gasteiger partial charge in [0.15, 0.2) is 6.29 Å². The lowest BCUT2D eigenvalue weighted by Crippen LogP contribution is -2.16. The van der Waals surface area contributed by atoms with Crippen LogP contribution in [0.3, 0.4) is 0 Å². The summed E-state index contributed by atoms with van der Waals surface area (Å²) in [6.45, 7) is 0.789. The number of aldehydes is 1. The number of carbonyl (C=O) groups is 2. The number of hydrogen-bond donors (Lipinski definition) is 4. The van der Waals surface area contributed by atoms with Gasteiger partial charge in [0, 0.05) is 41.7 Å². The van der Waals surface area contributed by atoms with Crippen molar-refractivity contribution in [2.24, 2.45) is 11.5 Å². The molecule has 0 bridgehead atoms. The van der Waals surface area contributed by atoms with E-state index in [9.17, 15) is 9.59 Å². The van der Waals surface area contributed by atoms with Crippen LogP contribution in [0.15, 0.2) is 48.5 Å². The fourth-order valence-electron chi connectivity index (χ4n) is 2.95. The van der Waals surface area contributed by atoms with Gasteiger partial charge in [-0.2, -0.15) is 0 Å². The van der Waals surface area contributed by atoms with Gasteiger partial charge in [0.2, 0.25) is 5.91 Å². The lowest BCUT2D eigenvalue weighted by atomic mass is 10.1. The van der Waals surface area contributed by atoms with E-state index in [-0.39, 0.29) is 18.2 Å². The first-order valence-corrected chi connectivity index (χ1v) is 8.53.